The molecule has 358 valence electrons. The highest BCUT2D eigenvalue weighted by Crippen LogP contribution is 2.17. The molecule has 65 heavy (non-hydrogen) atoms. The number of carbonyl (C=O) groups excluding carboxylic acids is 7. The van der Waals surface area contributed by atoms with Crippen molar-refractivity contribution < 1.29 is 61.7 Å². The molecule has 7 atom stereocenters. The highest BCUT2D eigenvalue weighted by molar-refractivity contribution is 7.90. The smallest absolute Gasteiger partial charge is 0.326 e. The number of carboxylic acid groups (broad SMARTS) is 1. The number of phenolic OH excluding ortho intramolecular Hbond substituents is 1. The summed E-state index contributed by atoms with van der Waals surface area (Å²) in [4.78, 5) is 109. The Morgan fingerprint density at radius 3 is 2.06 bits per heavy atom. The molecular weight excluding hydrogens is 867 g/mol. The van der Waals surface area contributed by atoms with Gasteiger partial charge >= 0.3 is 18.0 Å². The van der Waals surface area contributed by atoms with E-state index >= 15 is 0 Å². The molecule has 2 aromatic carbocycles. The fourth-order valence-electron chi connectivity index (χ4n) is 6.98. The third-order valence-electron chi connectivity index (χ3n) is 11.0. The average Bonchev–Trinajstić information content (AvgIpc) is 3.25. The van der Waals surface area contributed by atoms with Gasteiger partial charge in [-0.25, -0.2) is 18.0 Å². The molecule has 0 saturated carbocycles. The SMILES string of the molecule is CC[C@@H](C)[C@@H](NC(=O)N[C@@H]1CCCCNC(=O)[C@H](COC(C)=O)NC(=O)[C@H](CCc2ccc(O)cc2)N(C)C(=O)[C@H](CCc2ccccc2)NC(=O)[C@H](CCS(C)(=O)=O)NC1=O)C(=O)O. The van der Waals surface area contributed by atoms with Gasteiger partial charge in [-0.05, 0) is 80.5 Å². The van der Waals surface area contributed by atoms with Gasteiger partial charge < -0.3 is 51.8 Å². The molecule has 2 aromatic rings. The van der Waals surface area contributed by atoms with E-state index in [4.69, 9.17) is 4.74 Å². The molecule has 1 fully saturated rings. The van der Waals surface area contributed by atoms with Gasteiger partial charge in [-0.2, -0.15) is 0 Å². The Morgan fingerprint density at radius 1 is 0.831 bits per heavy atom. The number of aliphatic carboxylic acids is 1. The predicted molar refractivity (Wildman–Crippen MR) is 238 cm³/mol. The zero-order valence-electron chi connectivity index (χ0n) is 37.5. The van der Waals surface area contributed by atoms with Gasteiger partial charge in [0.15, 0.2) is 0 Å². The lowest BCUT2D eigenvalue weighted by Gasteiger charge is -2.32. The molecule has 0 radical (unpaired) electrons. The third kappa shape index (κ3) is 18.4. The van der Waals surface area contributed by atoms with Gasteiger partial charge in [-0.3, -0.25) is 28.8 Å². The minimum absolute atomic E-state index is 0.0105. The van der Waals surface area contributed by atoms with Crippen molar-refractivity contribution in [2.24, 2.45) is 5.92 Å². The number of aromatic hydroxyl groups is 1. The number of rotatable bonds is 16. The number of sulfone groups is 1. The van der Waals surface area contributed by atoms with E-state index in [0.717, 1.165) is 23.6 Å². The zero-order valence-corrected chi connectivity index (χ0v) is 38.3. The molecule has 8 N–H and O–H groups in total. The van der Waals surface area contributed by atoms with E-state index in [2.05, 4.69) is 31.9 Å². The van der Waals surface area contributed by atoms with Gasteiger partial charge in [0, 0.05) is 26.8 Å². The second-order valence-corrected chi connectivity index (χ2v) is 18.5. The summed E-state index contributed by atoms with van der Waals surface area (Å²) >= 11 is 0. The van der Waals surface area contributed by atoms with Crippen molar-refractivity contribution in [2.45, 2.75) is 115 Å². The van der Waals surface area contributed by atoms with Crippen LogP contribution in [-0.4, -0.2) is 139 Å². The molecule has 0 spiro atoms. The first-order valence-electron chi connectivity index (χ1n) is 21.6. The van der Waals surface area contributed by atoms with Crippen molar-refractivity contribution in [2.75, 3.05) is 32.2 Å². The summed E-state index contributed by atoms with van der Waals surface area (Å²) in [6.07, 6.45) is 1.58. The van der Waals surface area contributed by atoms with Crippen molar-refractivity contribution in [1.29, 1.82) is 0 Å². The van der Waals surface area contributed by atoms with E-state index in [-0.39, 0.29) is 57.2 Å². The van der Waals surface area contributed by atoms with E-state index in [1.165, 1.54) is 19.2 Å². The molecule has 21 heteroatoms. The fourth-order valence-corrected chi connectivity index (χ4v) is 7.64. The quantitative estimate of drug-likeness (QED) is 0.108. The molecule has 1 saturated heterocycles. The fraction of sp³-hybridized carbons (Fsp3) is 0.545. The summed E-state index contributed by atoms with van der Waals surface area (Å²) < 4.78 is 29.9. The number of amides is 7. The minimum atomic E-state index is -3.71. The molecule has 1 aliphatic rings. The van der Waals surface area contributed by atoms with Gasteiger partial charge in [0.05, 0.1) is 5.75 Å². The van der Waals surface area contributed by atoms with Crippen LogP contribution in [-0.2, 0) is 61.0 Å². The van der Waals surface area contributed by atoms with E-state index < -0.39 is 118 Å². The first-order valence-corrected chi connectivity index (χ1v) is 23.6. The summed E-state index contributed by atoms with van der Waals surface area (Å²) in [6.45, 7) is 3.91. The summed E-state index contributed by atoms with van der Waals surface area (Å²) in [5.41, 5.74) is 1.49. The Kier molecular flexibility index (Phi) is 21.1. The first-order chi connectivity index (χ1) is 30.7. The van der Waals surface area contributed by atoms with Crippen molar-refractivity contribution in [1.82, 2.24) is 36.8 Å². The van der Waals surface area contributed by atoms with Crippen LogP contribution in [0.1, 0.15) is 76.8 Å². The normalized spacial score (nSPS) is 21.7. The maximum absolute atomic E-state index is 14.7. The number of aryl methyl sites for hydroxylation is 2. The number of ether oxygens (including phenoxy) is 1. The monoisotopic (exact) mass is 929 g/mol. The average molecular weight is 930 g/mol. The lowest BCUT2D eigenvalue weighted by atomic mass is 9.99. The van der Waals surface area contributed by atoms with Crippen molar-refractivity contribution in [3.63, 3.8) is 0 Å². The maximum atomic E-state index is 14.7. The molecule has 1 heterocycles. The van der Waals surface area contributed by atoms with Crippen LogP contribution < -0.4 is 31.9 Å². The minimum Gasteiger partial charge on any atom is -0.508 e. The Hall–Kier alpha value is -6.25. The number of benzene rings is 2. The van der Waals surface area contributed by atoms with Gasteiger partial charge in [0.2, 0.25) is 29.5 Å². The number of urea groups is 1. The lowest BCUT2D eigenvalue weighted by Crippen LogP contribution is -2.60. The van der Waals surface area contributed by atoms with E-state index in [0.29, 0.717) is 12.0 Å². The van der Waals surface area contributed by atoms with Crippen LogP contribution in [0.4, 0.5) is 4.79 Å². The van der Waals surface area contributed by atoms with Crippen LogP contribution in [0.2, 0.25) is 0 Å². The number of carboxylic acids is 1. The highest BCUT2D eigenvalue weighted by Gasteiger charge is 2.36. The Bertz CT molecular complexity index is 2070. The number of hydrogen-bond acceptors (Lipinski definition) is 12. The number of carbonyl (C=O) groups is 8. The standard InChI is InChI=1S/C44H63N7O13S/c1-6-27(2)37(43(59)60)50-44(61)49-32-14-10-11-24-45-38(54)35(26-64-28(3)52)48-41(57)36(22-18-30-15-19-31(53)20-16-30)51(4)42(58)34(21-17-29-12-8-7-9-13-29)47-40(56)33(46-39(32)55)23-25-65(5,62)63/h7-9,12-13,15-16,19-20,27,32-37,53H,6,10-11,14,17-18,21-26H2,1-5H3,(H,45,54)(H,46,55)(H,47,56)(H,48,57)(H,59,60)(H2,49,50,61)/t27-,32-,33+,34+,35+,36+,37-/m1/s1. The number of hydrogen-bond donors (Lipinski definition) is 8. The number of likely N-dealkylation sites (N-methyl/N-ethyl adjacent to an activating group) is 1. The van der Waals surface area contributed by atoms with Crippen LogP contribution in [0.3, 0.4) is 0 Å². The van der Waals surface area contributed by atoms with E-state index in [1.54, 1.807) is 44.2 Å². The van der Waals surface area contributed by atoms with Crippen molar-refractivity contribution in [3.8, 4) is 5.75 Å². The van der Waals surface area contributed by atoms with Crippen LogP contribution >= 0.6 is 0 Å². The topological polar surface area (TPSA) is 296 Å². The van der Waals surface area contributed by atoms with E-state index in [1.807, 2.05) is 12.1 Å². The summed E-state index contributed by atoms with van der Waals surface area (Å²) in [7, 11) is -2.37. The molecule has 1 aliphatic heterocycles. The Morgan fingerprint density at radius 2 is 1.45 bits per heavy atom. The second-order valence-electron chi connectivity index (χ2n) is 16.3. The molecular formula is C44H63N7O13S. The number of phenols is 1. The summed E-state index contributed by atoms with van der Waals surface area (Å²) in [6, 6.07) is 5.81. The zero-order chi connectivity index (χ0) is 48.3. The van der Waals surface area contributed by atoms with Crippen LogP contribution in [0.5, 0.6) is 5.75 Å². The largest absolute Gasteiger partial charge is 0.508 e. The van der Waals surface area contributed by atoms with Gasteiger partial charge in [0.1, 0.15) is 58.4 Å². The molecule has 0 aliphatic carbocycles. The van der Waals surface area contributed by atoms with Crippen molar-refractivity contribution >= 4 is 57.3 Å². The molecule has 0 unspecified atom stereocenters. The maximum Gasteiger partial charge on any atom is 0.326 e. The van der Waals surface area contributed by atoms with Crippen molar-refractivity contribution in [3.05, 3.63) is 65.7 Å². The lowest BCUT2D eigenvalue weighted by molar-refractivity contribution is -0.146. The highest BCUT2D eigenvalue weighted by atomic mass is 32.2. The van der Waals surface area contributed by atoms with Crippen LogP contribution in [0, 0.1) is 5.92 Å². The molecule has 7 amide bonds. The van der Waals surface area contributed by atoms with Crippen LogP contribution in [0.25, 0.3) is 0 Å². The summed E-state index contributed by atoms with van der Waals surface area (Å²) in [5, 5.41) is 35.0. The van der Waals surface area contributed by atoms with Gasteiger partial charge in [0.25, 0.3) is 0 Å². The first kappa shape index (κ1) is 53.1. The predicted octanol–water partition coefficient (Wildman–Crippen LogP) is 0.704. The van der Waals surface area contributed by atoms with Gasteiger partial charge in [-0.15, -0.1) is 0 Å². The number of esters is 1. The second kappa shape index (κ2) is 25.9. The number of nitrogens with one attached hydrogen (secondary N) is 6. The van der Waals surface area contributed by atoms with Crippen LogP contribution in [0.15, 0.2) is 54.6 Å². The summed E-state index contributed by atoms with van der Waals surface area (Å²) in [5.74, 6) is -7.21. The Labute approximate surface area is 379 Å². The number of nitrogens with zero attached hydrogens (tertiary/aromatic N) is 1. The molecule has 0 aromatic heterocycles. The van der Waals surface area contributed by atoms with Gasteiger partial charge in [-0.1, -0.05) is 62.7 Å². The molecule has 0 bridgehead atoms. The Balaban J connectivity index is 2.11. The molecule has 3 rings (SSSR count). The van der Waals surface area contributed by atoms with E-state index in [9.17, 15) is 57.0 Å². The third-order valence-corrected chi connectivity index (χ3v) is 12.0. The molecule has 20 nitrogen and oxygen atoms in total.